The van der Waals surface area contributed by atoms with Crippen LogP contribution < -0.4 is 14.2 Å². The molecule has 0 fully saturated rings. The fourth-order valence-electron chi connectivity index (χ4n) is 1.88. The SMILES string of the molecule is COc1ccc(CNS(=O)(=O)c2ccc(OC)c(Cl)c2Cl)cc1. The van der Waals surface area contributed by atoms with Crippen LogP contribution in [-0.4, -0.2) is 22.6 Å². The lowest BCUT2D eigenvalue weighted by molar-refractivity contribution is 0.414. The van der Waals surface area contributed by atoms with E-state index in [4.69, 9.17) is 32.7 Å². The van der Waals surface area contributed by atoms with Crippen molar-refractivity contribution in [1.82, 2.24) is 4.72 Å². The molecule has 0 spiro atoms. The molecule has 0 aliphatic heterocycles. The van der Waals surface area contributed by atoms with Gasteiger partial charge >= 0.3 is 0 Å². The van der Waals surface area contributed by atoms with Gasteiger partial charge in [0.1, 0.15) is 21.4 Å². The van der Waals surface area contributed by atoms with Crippen LogP contribution in [0.25, 0.3) is 0 Å². The predicted molar refractivity (Wildman–Crippen MR) is 90.0 cm³/mol. The number of sulfonamides is 1. The van der Waals surface area contributed by atoms with E-state index in [0.717, 1.165) is 5.56 Å². The Balaban J connectivity index is 2.20. The number of nitrogens with one attached hydrogen (secondary N) is 1. The van der Waals surface area contributed by atoms with E-state index in [1.165, 1.54) is 19.2 Å². The molecule has 2 rings (SSSR count). The molecule has 0 heterocycles. The van der Waals surface area contributed by atoms with Crippen LogP contribution in [0.15, 0.2) is 41.3 Å². The van der Waals surface area contributed by atoms with Gasteiger partial charge in [0.2, 0.25) is 10.0 Å². The van der Waals surface area contributed by atoms with Gasteiger partial charge in [-0.2, -0.15) is 0 Å². The molecular formula is C15H15Cl2NO4S. The molecule has 8 heteroatoms. The first-order valence-corrected chi connectivity index (χ1v) is 8.77. The van der Waals surface area contributed by atoms with Crippen LogP contribution >= 0.6 is 23.2 Å². The van der Waals surface area contributed by atoms with Crippen molar-refractivity contribution < 1.29 is 17.9 Å². The summed E-state index contributed by atoms with van der Waals surface area (Å²) in [5.41, 5.74) is 0.783. The molecule has 0 amide bonds. The summed E-state index contributed by atoms with van der Waals surface area (Å²) in [6.07, 6.45) is 0. The van der Waals surface area contributed by atoms with Crippen LogP contribution in [0.1, 0.15) is 5.56 Å². The van der Waals surface area contributed by atoms with Crippen LogP contribution in [0, 0.1) is 0 Å². The lowest BCUT2D eigenvalue weighted by Crippen LogP contribution is -2.23. The van der Waals surface area contributed by atoms with Gasteiger partial charge in [-0.05, 0) is 29.8 Å². The van der Waals surface area contributed by atoms with Gasteiger partial charge in [-0.3, -0.25) is 0 Å². The van der Waals surface area contributed by atoms with Gasteiger partial charge in [0.15, 0.2) is 0 Å². The van der Waals surface area contributed by atoms with Crippen LogP contribution in [0.2, 0.25) is 10.0 Å². The van der Waals surface area contributed by atoms with E-state index in [2.05, 4.69) is 4.72 Å². The molecule has 0 saturated carbocycles. The first-order chi connectivity index (χ1) is 10.9. The number of ether oxygens (including phenoxy) is 2. The third-order valence-electron chi connectivity index (χ3n) is 3.15. The van der Waals surface area contributed by atoms with Crippen molar-refractivity contribution in [1.29, 1.82) is 0 Å². The Kier molecular flexibility index (Phi) is 5.75. The molecule has 0 bridgehead atoms. The van der Waals surface area contributed by atoms with Gasteiger partial charge in [-0.15, -0.1) is 0 Å². The zero-order chi connectivity index (χ0) is 17.0. The highest BCUT2D eigenvalue weighted by molar-refractivity contribution is 7.89. The summed E-state index contributed by atoms with van der Waals surface area (Å²) in [5.74, 6) is 1.01. The number of hydrogen-bond donors (Lipinski definition) is 1. The summed E-state index contributed by atoms with van der Waals surface area (Å²) in [5, 5.41) is -0.0188. The molecule has 0 radical (unpaired) electrons. The zero-order valence-corrected chi connectivity index (χ0v) is 14.8. The van der Waals surface area contributed by atoms with Crippen molar-refractivity contribution in [2.24, 2.45) is 0 Å². The number of hydrogen-bond acceptors (Lipinski definition) is 4. The van der Waals surface area contributed by atoms with Crippen molar-refractivity contribution in [2.45, 2.75) is 11.4 Å². The minimum Gasteiger partial charge on any atom is -0.497 e. The average molecular weight is 376 g/mol. The fraction of sp³-hybridized carbons (Fsp3) is 0.200. The molecule has 2 aromatic rings. The second-order valence-corrected chi connectivity index (χ2v) is 7.06. The fourth-order valence-corrected chi connectivity index (χ4v) is 3.73. The monoisotopic (exact) mass is 375 g/mol. The van der Waals surface area contributed by atoms with E-state index in [-0.39, 0.29) is 21.5 Å². The second kappa shape index (κ2) is 7.40. The largest absolute Gasteiger partial charge is 0.497 e. The topological polar surface area (TPSA) is 64.6 Å². The van der Waals surface area contributed by atoms with E-state index in [1.54, 1.807) is 31.4 Å². The van der Waals surface area contributed by atoms with Crippen LogP contribution in [0.4, 0.5) is 0 Å². The molecule has 0 aliphatic rings. The second-order valence-electron chi connectivity index (χ2n) is 4.57. The van der Waals surface area contributed by atoms with Crippen LogP contribution in [0.3, 0.4) is 0 Å². The van der Waals surface area contributed by atoms with E-state index >= 15 is 0 Å². The highest BCUT2D eigenvalue weighted by Gasteiger charge is 2.21. The number of rotatable bonds is 6. The van der Waals surface area contributed by atoms with Crippen LogP contribution in [0.5, 0.6) is 11.5 Å². The molecule has 0 unspecified atom stereocenters. The number of methoxy groups -OCH3 is 2. The maximum absolute atomic E-state index is 12.4. The minimum atomic E-state index is -3.81. The Bertz CT molecular complexity index is 792. The third-order valence-corrected chi connectivity index (χ3v) is 5.57. The molecule has 0 aromatic heterocycles. The predicted octanol–water partition coefficient (Wildman–Crippen LogP) is 3.49. The molecule has 2 aromatic carbocycles. The number of halogens is 2. The molecule has 0 aliphatic carbocycles. The smallest absolute Gasteiger partial charge is 0.242 e. The van der Waals surface area contributed by atoms with Gasteiger partial charge in [0.25, 0.3) is 0 Å². The molecule has 5 nitrogen and oxygen atoms in total. The minimum absolute atomic E-state index is 0.0569. The Morgan fingerprint density at radius 1 is 0.957 bits per heavy atom. The Morgan fingerprint density at radius 2 is 1.61 bits per heavy atom. The molecule has 1 N–H and O–H groups in total. The van der Waals surface area contributed by atoms with E-state index < -0.39 is 10.0 Å². The first kappa shape index (κ1) is 17.9. The lowest BCUT2D eigenvalue weighted by Gasteiger charge is -2.11. The summed E-state index contributed by atoms with van der Waals surface area (Å²) < 4.78 is 37.3. The standard InChI is InChI=1S/C15H15Cl2NO4S/c1-21-11-5-3-10(4-6-11)9-18-23(19,20)13-8-7-12(22-2)14(16)15(13)17/h3-8,18H,9H2,1-2H3. The molecular weight excluding hydrogens is 361 g/mol. The summed E-state index contributed by atoms with van der Waals surface area (Å²) in [6, 6.07) is 9.84. The summed E-state index contributed by atoms with van der Waals surface area (Å²) in [4.78, 5) is -0.0986. The van der Waals surface area contributed by atoms with Crippen LogP contribution in [-0.2, 0) is 16.6 Å². The average Bonchev–Trinajstić information content (AvgIpc) is 2.55. The molecule has 124 valence electrons. The van der Waals surface area contributed by atoms with E-state index in [0.29, 0.717) is 11.5 Å². The normalized spacial score (nSPS) is 11.3. The lowest BCUT2D eigenvalue weighted by atomic mass is 10.2. The summed E-state index contributed by atoms with van der Waals surface area (Å²) in [6.45, 7) is 0.117. The van der Waals surface area contributed by atoms with Gasteiger partial charge in [0, 0.05) is 6.54 Å². The maximum atomic E-state index is 12.4. The summed E-state index contributed by atoms with van der Waals surface area (Å²) >= 11 is 12.0. The number of benzene rings is 2. The van der Waals surface area contributed by atoms with Gasteiger partial charge in [0.05, 0.1) is 19.2 Å². The first-order valence-electron chi connectivity index (χ1n) is 6.53. The van der Waals surface area contributed by atoms with Crippen molar-refractivity contribution in [2.75, 3.05) is 14.2 Å². The summed E-state index contributed by atoms with van der Waals surface area (Å²) in [7, 11) is -0.819. The van der Waals surface area contributed by atoms with Crippen molar-refractivity contribution >= 4 is 33.2 Å². The Hall–Kier alpha value is -1.47. The highest BCUT2D eigenvalue weighted by atomic mass is 35.5. The third kappa shape index (κ3) is 4.09. The van der Waals surface area contributed by atoms with E-state index in [1.807, 2.05) is 0 Å². The van der Waals surface area contributed by atoms with E-state index in [9.17, 15) is 8.42 Å². The Labute approximate surface area is 145 Å². The van der Waals surface area contributed by atoms with Crippen molar-refractivity contribution in [3.05, 3.63) is 52.0 Å². The Morgan fingerprint density at radius 3 is 2.17 bits per heavy atom. The molecule has 0 saturated heterocycles. The van der Waals surface area contributed by atoms with Gasteiger partial charge in [-0.25, -0.2) is 13.1 Å². The molecule has 0 atom stereocenters. The zero-order valence-electron chi connectivity index (χ0n) is 12.5. The quantitative estimate of drug-likeness (QED) is 0.838. The molecule has 23 heavy (non-hydrogen) atoms. The highest BCUT2D eigenvalue weighted by Crippen LogP contribution is 2.36. The van der Waals surface area contributed by atoms with Gasteiger partial charge < -0.3 is 9.47 Å². The maximum Gasteiger partial charge on any atom is 0.242 e. The van der Waals surface area contributed by atoms with Crippen molar-refractivity contribution in [3.8, 4) is 11.5 Å². The van der Waals surface area contributed by atoms with Gasteiger partial charge in [-0.1, -0.05) is 35.3 Å². The van der Waals surface area contributed by atoms with Crippen molar-refractivity contribution in [3.63, 3.8) is 0 Å².